The average Bonchev–Trinajstić information content (AvgIpc) is 2.58. The molecule has 1 aromatic rings. The Morgan fingerprint density at radius 1 is 1.67 bits per heavy atom. The minimum absolute atomic E-state index is 0.0585. The minimum Gasteiger partial charge on any atom is -0.289 e. The van der Waals surface area contributed by atoms with E-state index in [2.05, 4.69) is 11.6 Å². The number of rotatable bonds is 3. The summed E-state index contributed by atoms with van der Waals surface area (Å²) in [5, 5.41) is 0. The van der Waals surface area contributed by atoms with Gasteiger partial charge >= 0.3 is 0 Å². The molecule has 18 heavy (non-hydrogen) atoms. The van der Waals surface area contributed by atoms with Crippen molar-refractivity contribution in [3.63, 3.8) is 0 Å². The van der Waals surface area contributed by atoms with Gasteiger partial charge in [-0.15, -0.1) is 0 Å². The van der Waals surface area contributed by atoms with Crippen LogP contribution in [-0.4, -0.2) is 26.7 Å². The van der Waals surface area contributed by atoms with Crippen LogP contribution in [0.2, 0.25) is 0 Å². The third-order valence-corrected chi connectivity index (χ3v) is 3.66. The topological polar surface area (TPSA) is 33.2 Å². The van der Waals surface area contributed by atoms with Gasteiger partial charge in [0.1, 0.15) is 4.32 Å². The number of amides is 1. The highest BCUT2D eigenvalue weighted by Gasteiger charge is 2.31. The number of hydrogen-bond acceptors (Lipinski definition) is 4. The van der Waals surface area contributed by atoms with Gasteiger partial charge in [0.2, 0.25) is 0 Å². The lowest BCUT2D eigenvalue weighted by Crippen LogP contribution is -2.29. The lowest BCUT2D eigenvalue weighted by molar-refractivity contribution is -0.121. The second-order valence-electron chi connectivity index (χ2n) is 4.01. The van der Waals surface area contributed by atoms with Crippen LogP contribution in [0.5, 0.6) is 0 Å². The van der Waals surface area contributed by atoms with Crippen molar-refractivity contribution in [3.05, 3.63) is 47.1 Å². The maximum atomic E-state index is 12.1. The molecule has 0 N–H and O–H groups in total. The molecule has 0 radical (unpaired) electrons. The zero-order valence-electron chi connectivity index (χ0n) is 9.92. The summed E-state index contributed by atoms with van der Waals surface area (Å²) in [6, 6.07) is 3.73. The lowest BCUT2D eigenvalue weighted by atomic mass is 10.2. The second kappa shape index (κ2) is 5.46. The SMILES string of the molecule is C=C(C)CN1C(=O)/C(=C/c2cccnc2)SC1=S. The minimum atomic E-state index is -0.0585. The molecule has 0 bridgehead atoms. The summed E-state index contributed by atoms with van der Waals surface area (Å²) in [6.45, 7) is 6.16. The largest absolute Gasteiger partial charge is 0.289 e. The van der Waals surface area contributed by atoms with Crippen molar-refractivity contribution in [3.8, 4) is 0 Å². The Morgan fingerprint density at radius 3 is 3.06 bits per heavy atom. The molecule has 2 rings (SSSR count). The first kappa shape index (κ1) is 13.0. The van der Waals surface area contributed by atoms with Crippen molar-refractivity contribution in [2.24, 2.45) is 0 Å². The summed E-state index contributed by atoms with van der Waals surface area (Å²) < 4.78 is 0.582. The number of carbonyl (C=O) groups is 1. The molecule has 0 spiro atoms. The van der Waals surface area contributed by atoms with Crippen LogP contribution in [-0.2, 0) is 4.79 Å². The van der Waals surface area contributed by atoms with E-state index in [0.29, 0.717) is 15.8 Å². The van der Waals surface area contributed by atoms with Crippen LogP contribution in [0.3, 0.4) is 0 Å². The van der Waals surface area contributed by atoms with E-state index in [1.54, 1.807) is 17.3 Å². The molecule has 2 heterocycles. The molecule has 92 valence electrons. The van der Waals surface area contributed by atoms with E-state index in [1.807, 2.05) is 25.1 Å². The van der Waals surface area contributed by atoms with Crippen molar-refractivity contribution < 1.29 is 4.79 Å². The average molecular weight is 276 g/mol. The van der Waals surface area contributed by atoms with E-state index in [1.165, 1.54) is 11.8 Å². The fraction of sp³-hybridized carbons (Fsp3) is 0.154. The van der Waals surface area contributed by atoms with Gasteiger partial charge in [-0.1, -0.05) is 42.2 Å². The molecular weight excluding hydrogens is 264 g/mol. The summed E-state index contributed by atoms with van der Waals surface area (Å²) >= 11 is 6.52. The van der Waals surface area contributed by atoms with Gasteiger partial charge in [0, 0.05) is 18.9 Å². The number of aromatic nitrogens is 1. The van der Waals surface area contributed by atoms with Crippen LogP contribution in [0.1, 0.15) is 12.5 Å². The highest BCUT2D eigenvalue weighted by molar-refractivity contribution is 8.26. The molecule has 0 aliphatic carbocycles. The zero-order valence-corrected chi connectivity index (χ0v) is 11.6. The predicted octanol–water partition coefficient (Wildman–Crippen LogP) is 2.86. The Bertz CT molecular complexity index is 537. The Hall–Kier alpha value is -1.46. The van der Waals surface area contributed by atoms with Gasteiger partial charge in [0.05, 0.1) is 4.91 Å². The molecule has 1 amide bonds. The second-order valence-corrected chi connectivity index (χ2v) is 5.69. The summed E-state index contributed by atoms with van der Waals surface area (Å²) in [5.41, 5.74) is 1.81. The quantitative estimate of drug-likeness (QED) is 0.483. The molecule has 1 aromatic heterocycles. The Morgan fingerprint density at radius 2 is 2.44 bits per heavy atom. The molecule has 5 heteroatoms. The van der Waals surface area contributed by atoms with Crippen LogP contribution in [0.4, 0.5) is 0 Å². The Labute approximate surface area is 116 Å². The molecule has 1 saturated heterocycles. The maximum Gasteiger partial charge on any atom is 0.266 e. The van der Waals surface area contributed by atoms with Crippen LogP contribution in [0.25, 0.3) is 6.08 Å². The van der Waals surface area contributed by atoms with Crippen molar-refractivity contribution in [1.82, 2.24) is 9.88 Å². The summed E-state index contributed by atoms with van der Waals surface area (Å²) in [5.74, 6) is -0.0585. The van der Waals surface area contributed by atoms with Crippen LogP contribution in [0.15, 0.2) is 41.6 Å². The standard InChI is InChI=1S/C13H12N2OS2/c1-9(2)8-15-12(16)11(18-13(15)17)6-10-4-3-5-14-7-10/h3-7H,1,8H2,2H3/b11-6-. The maximum absolute atomic E-state index is 12.1. The number of thiocarbonyl (C=S) groups is 1. The molecule has 1 aliphatic rings. The molecular formula is C13H12N2OS2. The first-order valence-electron chi connectivity index (χ1n) is 5.37. The smallest absolute Gasteiger partial charge is 0.266 e. The van der Waals surface area contributed by atoms with E-state index >= 15 is 0 Å². The van der Waals surface area contributed by atoms with Crippen LogP contribution >= 0.6 is 24.0 Å². The normalized spacial score (nSPS) is 17.6. The van der Waals surface area contributed by atoms with Crippen molar-refractivity contribution >= 4 is 40.3 Å². The Balaban J connectivity index is 2.23. The first-order chi connectivity index (χ1) is 8.58. The number of pyridine rings is 1. The molecule has 0 saturated carbocycles. The number of nitrogens with zero attached hydrogens (tertiary/aromatic N) is 2. The van der Waals surface area contributed by atoms with Gasteiger partial charge < -0.3 is 0 Å². The van der Waals surface area contributed by atoms with E-state index in [0.717, 1.165) is 11.1 Å². The molecule has 0 unspecified atom stereocenters. The van der Waals surface area contributed by atoms with E-state index < -0.39 is 0 Å². The number of thioether (sulfide) groups is 1. The molecule has 3 nitrogen and oxygen atoms in total. The molecule has 1 aliphatic heterocycles. The van der Waals surface area contributed by atoms with Gasteiger partial charge in [-0.25, -0.2) is 0 Å². The van der Waals surface area contributed by atoms with Crippen molar-refractivity contribution in [1.29, 1.82) is 0 Å². The predicted molar refractivity (Wildman–Crippen MR) is 78.9 cm³/mol. The fourth-order valence-corrected chi connectivity index (χ4v) is 2.77. The van der Waals surface area contributed by atoms with Gasteiger partial charge in [-0.2, -0.15) is 0 Å². The van der Waals surface area contributed by atoms with Crippen LogP contribution < -0.4 is 0 Å². The van der Waals surface area contributed by atoms with Gasteiger partial charge in [-0.3, -0.25) is 14.7 Å². The van der Waals surface area contributed by atoms with Gasteiger partial charge in [0.25, 0.3) is 5.91 Å². The third-order valence-electron chi connectivity index (χ3n) is 2.28. The molecule has 0 atom stereocenters. The molecule has 1 fully saturated rings. The number of hydrogen-bond donors (Lipinski definition) is 0. The molecule has 0 aromatic carbocycles. The van der Waals surface area contributed by atoms with E-state index in [4.69, 9.17) is 12.2 Å². The fourth-order valence-electron chi connectivity index (χ4n) is 1.52. The lowest BCUT2D eigenvalue weighted by Gasteiger charge is -2.13. The monoisotopic (exact) mass is 276 g/mol. The zero-order chi connectivity index (χ0) is 13.1. The summed E-state index contributed by atoms with van der Waals surface area (Å²) in [6.07, 6.45) is 5.22. The summed E-state index contributed by atoms with van der Waals surface area (Å²) in [7, 11) is 0. The highest BCUT2D eigenvalue weighted by atomic mass is 32.2. The first-order valence-corrected chi connectivity index (χ1v) is 6.60. The van der Waals surface area contributed by atoms with Crippen molar-refractivity contribution in [2.45, 2.75) is 6.92 Å². The third kappa shape index (κ3) is 2.86. The van der Waals surface area contributed by atoms with E-state index in [9.17, 15) is 4.79 Å². The summed E-state index contributed by atoms with van der Waals surface area (Å²) in [4.78, 5) is 18.4. The highest BCUT2D eigenvalue weighted by Crippen LogP contribution is 2.32. The Kier molecular flexibility index (Phi) is 3.93. The van der Waals surface area contributed by atoms with Gasteiger partial charge in [0.15, 0.2) is 0 Å². The van der Waals surface area contributed by atoms with Crippen molar-refractivity contribution in [2.75, 3.05) is 6.54 Å². The van der Waals surface area contributed by atoms with Crippen LogP contribution in [0, 0.1) is 0 Å². The van der Waals surface area contributed by atoms with Gasteiger partial charge in [-0.05, 0) is 24.6 Å². The van der Waals surface area contributed by atoms with E-state index in [-0.39, 0.29) is 5.91 Å². The number of carbonyl (C=O) groups excluding carboxylic acids is 1.